The van der Waals surface area contributed by atoms with Crippen molar-refractivity contribution >= 4 is 25.5 Å². The Hall–Kier alpha value is -1.56. The van der Waals surface area contributed by atoms with Crippen molar-refractivity contribution in [2.45, 2.75) is 58.2 Å². The molecular formula is C23H29ClOSi. The Morgan fingerprint density at radius 3 is 2.00 bits per heavy atom. The normalized spacial score (nSPS) is 11.9. The van der Waals surface area contributed by atoms with Crippen LogP contribution >= 0.6 is 11.6 Å². The Morgan fingerprint density at radius 1 is 0.962 bits per heavy atom. The second-order valence-corrected chi connectivity index (χ2v) is 13.8. The maximum atomic E-state index is 12.3. The first-order valence-corrected chi connectivity index (χ1v) is 12.2. The van der Waals surface area contributed by atoms with Gasteiger partial charge in [-0.1, -0.05) is 77.8 Å². The van der Waals surface area contributed by atoms with Crippen LogP contribution in [-0.2, 0) is 0 Å². The van der Waals surface area contributed by atoms with Crippen molar-refractivity contribution in [3.63, 3.8) is 0 Å². The number of hydrogen-bond acceptors (Lipinski definition) is 1. The third-order valence-electron chi connectivity index (χ3n) is 5.61. The Kier molecular flexibility index (Phi) is 6.72. The minimum absolute atomic E-state index is 0.00669. The first-order chi connectivity index (χ1) is 12.3. The van der Waals surface area contributed by atoms with Crippen molar-refractivity contribution < 1.29 is 4.79 Å². The van der Waals surface area contributed by atoms with Crippen LogP contribution in [0.2, 0.25) is 16.6 Å². The molecule has 0 aliphatic heterocycles. The Morgan fingerprint density at radius 2 is 1.50 bits per heavy atom. The molecule has 138 valence electrons. The fraction of sp³-hybridized carbons (Fsp3) is 0.435. The molecule has 0 unspecified atom stereocenters. The van der Waals surface area contributed by atoms with Crippen LogP contribution in [0, 0.1) is 11.5 Å². The van der Waals surface area contributed by atoms with E-state index in [0.29, 0.717) is 22.2 Å². The molecule has 0 aromatic rings. The lowest BCUT2D eigenvalue weighted by Gasteiger charge is -2.38. The van der Waals surface area contributed by atoms with E-state index < -0.39 is 8.07 Å². The molecule has 0 saturated heterocycles. The van der Waals surface area contributed by atoms with Crippen molar-refractivity contribution in [1.29, 1.82) is 0 Å². The van der Waals surface area contributed by atoms with Crippen molar-refractivity contribution in [3.8, 4) is 22.6 Å². The predicted molar refractivity (Wildman–Crippen MR) is 116 cm³/mol. The van der Waals surface area contributed by atoms with E-state index in [2.05, 4.69) is 53.0 Å². The number of ketones is 1. The summed E-state index contributed by atoms with van der Waals surface area (Å²) in [6.45, 7) is 13.9. The summed E-state index contributed by atoms with van der Waals surface area (Å²) in [5, 5.41) is 0. The van der Waals surface area contributed by atoms with Gasteiger partial charge in [0.2, 0.25) is 0 Å². The van der Waals surface area contributed by atoms with Crippen LogP contribution in [0.5, 0.6) is 0 Å². The highest BCUT2D eigenvalue weighted by Crippen LogP contribution is 2.41. The summed E-state index contributed by atoms with van der Waals surface area (Å²) in [5.41, 5.74) is 9.11. The van der Waals surface area contributed by atoms with Crippen LogP contribution in [0.3, 0.4) is 0 Å². The molecule has 26 heavy (non-hydrogen) atoms. The van der Waals surface area contributed by atoms with Gasteiger partial charge in [-0.3, -0.25) is 4.79 Å². The van der Waals surface area contributed by atoms with Crippen LogP contribution in [0.15, 0.2) is 36.4 Å². The number of halogens is 1. The van der Waals surface area contributed by atoms with Crippen LogP contribution in [0.4, 0.5) is 0 Å². The molecule has 0 spiro atoms. The van der Waals surface area contributed by atoms with Gasteiger partial charge in [-0.15, -0.1) is 17.1 Å². The Balaban J connectivity index is 2.67. The largest absolute Gasteiger partial charge is 0.293 e. The number of Topliss-reactive ketones (excluding diaryl/α,β-unsaturated/α-hetero) is 1. The lowest BCUT2D eigenvalue weighted by Crippen LogP contribution is -2.43. The van der Waals surface area contributed by atoms with E-state index in [1.165, 1.54) is 0 Å². The fourth-order valence-electron chi connectivity index (χ4n) is 4.33. The van der Waals surface area contributed by atoms with Gasteiger partial charge in [-0.2, -0.15) is 0 Å². The van der Waals surface area contributed by atoms with Gasteiger partial charge in [0.15, 0.2) is 5.78 Å². The molecule has 0 bridgehead atoms. The van der Waals surface area contributed by atoms with E-state index in [1.54, 1.807) is 0 Å². The van der Waals surface area contributed by atoms with E-state index in [1.807, 2.05) is 36.4 Å². The maximum absolute atomic E-state index is 12.3. The van der Waals surface area contributed by atoms with E-state index in [0.717, 1.165) is 16.7 Å². The van der Waals surface area contributed by atoms with Gasteiger partial charge in [0.1, 0.15) is 8.07 Å². The summed E-state index contributed by atoms with van der Waals surface area (Å²) in [6.07, 6.45) is 0. The molecule has 0 amide bonds. The van der Waals surface area contributed by atoms with Gasteiger partial charge < -0.3 is 0 Å². The summed E-state index contributed by atoms with van der Waals surface area (Å²) >= 11 is 5.82. The lowest BCUT2D eigenvalue weighted by atomic mass is 10.1. The lowest BCUT2D eigenvalue weighted by molar-refractivity contribution is 0.102. The molecule has 0 atom stereocenters. The van der Waals surface area contributed by atoms with Crippen LogP contribution in [0.1, 0.15) is 57.5 Å². The summed E-state index contributed by atoms with van der Waals surface area (Å²) in [7, 11) is -1.82. The zero-order valence-electron chi connectivity index (χ0n) is 16.7. The van der Waals surface area contributed by atoms with Gasteiger partial charge in [-0.05, 0) is 33.8 Å². The first-order valence-electron chi connectivity index (χ1n) is 9.39. The smallest absolute Gasteiger partial charge is 0.178 e. The van der Waals surface area contributed by atoms with E-state index >= 15 is 0 Å². The SMILES string of the molecule is CC(C)[Si](C#Cc1cc(C(=O)CCl)c2cccccc1-2)(C(C)C)C(C)C. The molecule has 2 aliphatic rings. The van der Waals surface area contributed by atoms with E-state index in [-0.39, 0.29) is 11.7 Å². The highest BCUT2D eigenvalue weighted by molar-refractivity contribution is 6.90. The molecule has 0 fully saturated rings. The second kappa shape index (κ2) is 8.42. The van der Waals surface area contributed by atoms with Gasteiger partial charge in [-0.25, -0.2) is 0 Å². The van der Waals surface area contributed by atoms with Crippen LogP contribution in [-0.4, -0.2) is 19.7 Å². The summed E-state index contributed by atoms with van der Waals surface area (Å²) in [4.78, 5) is 12.3. The zero-order chi connectivity index (χ0) is 19.5. The summed E-state index contributed by atoms with van der Waals surface area (Å²) in [6, 6.07) is 11.9. The van der Waals surface area contributed by atoms with Gasteiger partial charge in [0, 0.05) is 11.1 Å². The van der Waals surface area contributed by atoms with E-state index in [9.17, 15) is 4.79 Å². The molecule has 0 aromatic carbocycles. The summed E-state index contributed by atoms with van der Waals surface area (Å²) in [5.74, 6) is 3.45. The monoisotopic (exact) mass is 384 g/mol. The zero-order valence-corrected chi connectivity index (χ0v) is 18.4. The molecule has 2 aliphatic carbocycles. The van der Waals surface area contributed by atoms with Gasteiger partial charge in [0.05, 0.1) is 5.88 Å². The quantitative estimate of drug-likeness (QED) is 0.240. The number of alkyl halides is 1. The first kappa shape index (κ1) is 20.7. The molecule has 0 heterocycles. The summed E-state index contributed by atoms with van der Waals surface area (Å²) < 4.78 is 0. The van der Waals surface area contributed by atoms with Crippen molar-refractivity contribution in [1.82, 2.24) is 0 Å². The van der Waals surface area contributed by atoms with Crippen molar-refractivity contribution in [2.75, 3.05) is 5.88 Å². The van der Waals surface area contributed by atoms with Crippen LogP contribution in [0.25, 0.3) is 11.1 Å². The van der Waals surface area contributed by atoms with Gasteiger partial charge >= 0.3 is 0 Å². The molecule has 3 heteroatoms. The Bertz CT molecular complexity index is 789. The predicted octanol–water partition coefficient (Wildman–Crippen LogP) is 6.78. The fourth-order valence-corrected chi connectivity index (χ4v) is 9.69. The minimum Gasteiger partial charge on any atom is -0.293 e. The van der Waals surface area contributed by atoms with Crippen LogP contribution < -0.4 is 0 Å². The maximum Gasteiger partial charge on any atom is 0.178 e. The van der Waals surface area contributed by atoms with Crippen molar-refractivity contribution in [3.05, 3.63) is 47.5 Å². The number of hydrogen-bond donors (Lipinski definition) is 0. The number of carbonyl (C=O) groups is 1. The van der Waals surface area contributed by atoms with Crippen molar-refractivity contribution in [2.24, 2.45) is 0 Å². The number of rotatable bonds is 5. The molecule has 2 rings (SSSR count). The standard InChI is InChI=1S/C23H29ClOSi/c1-16(2)26(17(3)4,18(5)6)13-12-19-14-22(23(25)15-24)21-11-9-7-8-10-20(19)21/h7-11,14,16-18H,15H2,1-6H3. The minimum atomic E-state index is -1.82. The number of fused-ring (bicyclic) bond motifs is 1. The Labute approximate surface area is 164 Å². The molecule has 0 saturated carbocycles. The average Bonchev–Trinajstić information content (AvgIpc) is 2.75. The third-order valence-corrected chi connectivity index (χ3v) is 12.1. The average molecular weight is 385 g/mol. The van der Waals surface area contributed by atoms with Gasteiger partial charge in [0.25, 0.3) is 0 Å². The molecule has 0 aromatic heterocycles. The second-order valence-electron chi connectivity index (χ2n) is 7.91. The highest BCUT2D eigenvalue weighted by Gasteiger charge is 2.41. The topological polar surface area (TPSA) is 17.1 Å². The molecule has 0 N–H and O–H groups in total. The molecule has 1 nitrogen and oxygen atoms in total. The van der Waals surface area contributed by atoms with E-state index in [4.69, 9.17) is 11.6 Å². The molecule has 0 radical (unpaired) electrons. The highest BCUT2D eigenvalue weighted by atomic mass is 35.5. The molecular weight excluding hydrogens is 356 g/mol. The third kappa shape index (κ3) is 3.75. The number of carbonyl (C=O) groups excluding carboxylic acids is 1.